The number of nitrogens with zero attached hydrogens (tertiary/aromatic N) is 1. The van der Waals surface area contributed by atoms with E-state index in [2.05, 4.69) is 5.32 Å². The molecule has 0 aliphatic rings. The number of aryl methyl sites for hydroxylation is 1. The van der Waals surface area contributed by atoms with E-state index in [1.54, 1.807) is 56.3 Å². The molecule has 7 heteroatoms. The molecule has 0 unspecified atom stereocenters. The third-order valence-corrected chi connectivity index (χ3v) is 5.55. The minimum Gasteiger partial charge on any atom is -0.324 e. The second-order valence-electron chi connectivity index (χ2n) is 5.97. The van der Waals surface area contributed by atoms with E-state index in [-0.39, 0.29) is 0 Å². The fourth-order valence-corrected chi connectivity index (χ4v) is 3.83. The Bertz CT molecular complexity index is 880. The van der Waals surface area contributed by atoms with E-state index in [0.717, 1.165) is 21.7 Å². The molecule has 25 heavy (non-hydrogen) atoms. The van der Waals surface area contributed by atoms with Gasteiger partial charge in [0, 0.05) is 10.7 Å². The monoisotopic (exact) mass is 380 g/mol. The first-order valence-corrected chi connectivity index (χ1v) is 9.96. The zero-order valence-corrected chi connectivity index (χ0v) is 16.1. The fraction of sp³-hybridized carbons (Fsp3) is 0.278. The average Bonchev–Trinajstić information content (AvgIpc) is 2.52. The fourth-order valence-electron chi connectivity index (χ4n) is 2.48. The Hall–Kier alpha value is -2.05. The SMILES string of the molecule is Cc1ccc(N([C@H](C)C(=O)Nc2cccc(Cl)c2C)S(C)(=O)=O)cc1. The molecule has 0 spiro atoms. The predicted octanol–water partition coefficient (Wildman–Crippen LogP) is 3.75. The predicted molar refractivity (Wildman–Crippen MR) is 103 cm³/mol. The number of halogens is 1. The van der Waals surface area contributed by atoms with Gasteiger partial charge in [-0.15, -0.1) is 0 Å². The van der Waals surface area contributed by atoms with Crippen molar-refractivity contribution in [3.8, 4) is 0 Å². The smallest absolute Gasteiger partial charge is 0.248 e. The lowest BCUT2D eigenvalue weighted by atomic mass is 10.2. The van der Waals surface area contributed by atoms with Gasteiger partial charge < -0.3 is 5.32 Å². The van der Waals surface area contributed by atoms with Crippen molar-refractivity contribution in [2.75, 3.05) is 15.9 Å². The number of nitrogens with one attached hydrogen (secondary N) is 1. The summed E-state index contributed by atoms with van der Waals surface area (Å²) in [5.74, 6) is -0.434. The molecule has 0 fully saturated rings. The molecule has 0 aliphatic carbocycles. The van der Waals surface area contributed by atoms with Crippen molar-refractivity contribution in [3.63, 3.8) is 0 Å². The maximum absolute atomic E-state index is 12.6. The molecule has 1 amide bonds. The third kappa shape index (κ3) is 4.52. The van der Waals surface area contributed by atoms with Crippen molar-refractivity contribution in [1.82, 2.24) is 0 Å². The standard InChI is InChI=1S/C18H21ClN2O3S/c1-12-8-10-15(11-9-12)21(25(4,23)24)14(3)18(22)20-17-7-5-6-16(19)13(17)2/h5-11,14H,1-4H3,(H,20,22)/t14-/m1/s1. The maximum atomic E-state index is 12.6. The lowest BCUT2D eigenvalue weighted by molar-refractivity contribution is -0.116. The first-order valence-electron chi connectivity index (χ1n) is 7.73. The van der Waals surface area contributed by atoms with Gasteiger partial charge in [-0.25, -0.2) is 8.42 Å². The quantitative estimate of drug-likeness (QED) is 0.858. The summed E-state index contributed by atoms with van der Waals surface area (Å²) < 4.78 is 25.6. The molecular formula is C18H21ClN2O3S. The molecule has 0 bridgehead atoms. The zero-order valence-electron chi connectivity index (χ0n) is 14.6. The first kappa shape index (κ1) is 19.3. The van der Waals surface area contributed by atoms with E-state index < -0.39 is 22.0 Å². The largest absolute Gasteiger partial charge is 0.324 e. The summed E-state index contributed by atoms with van der Waals surface area (Å²) in [7, 11) is -3.64. The Morgan fingerprint density at radius 2 is 1.72 bits per heavy atom. The molecule has 0 aliphatic heterocycles. The molecule has 2 aromatic carbocycles. The summed E-state index contributed by atoms with van der Waals surface area (Å²) in [4.78, 5) is 12.6. The van der Waals surface area contributed by atoms with Crippen molar-refractivity contribution in [1.29, 1.82) is 0 Å². The Labute approximate surface area is 153 Å². The molecule has 5 nitrogen and oxygen atoms in total. The minimum absolute atomic E-state index is 0.434. The van der Waals surface area contributed by atoms with Crippen molar-refractivity contribution in [3.05, 3.63) is 58.6 Å². The van der Waals surface area contributed by atoms with Gasteiger partial charge in [-0.2, -0.15) is 0 Å². The summed E-state index contributed by atoms with van der Waals surface area (Å²) in [6.07, 6.45) is 1.08. The topological polar surface area (TPSA) is 66.5 Å². The van der Waals surface area contributed by atoms with Crippen LogP contribution in [0.5, 0.6) is 0 Å². The van der Waals surface area contributed by atoms with E-state index in [1.165, 1.54) is 0 Å². The Morgan fingerprint density at radius 1 is 1.12 bits per heavy atom. The van der Waals surface area contributed by atoms with Crippen LogP contribution in [0.4, 0.5) is 11.4 Å². The van der Waals surface area contributed by atoms with Gasteiger partial charge in [-0.3, -0.25) is 9.10 Å². The maximum Gasteiger partial charge on any atom is 0.248 e. The molecule has 0 heterocycles. The Kier molecular flexibility index (Phi) is 5.75. The van der Waals surface area contributed by atoms with Crippen LogP contribution in [0.2, 0.25) is 5.02 Å². The van der Waals surface area contributed by atoms with E-state index in [1.807, 2.05) is 6.92 Å². The van der Waals surface area contributed by atoms with E-state index >= 15 is 0 Å². The first-order chi connectivity index (χ1) is 11.6. The normalized spacial score (nSPS) is 12.5. The van der Waals surface area contributed by atoms with Crippen molar-refractivity contribution >= 4 is 38.9 Å². The van der Waals surface area contributed by atoms with Crippen molar-refractivity contribution < 1.29 is 13.2 Å². The number of benzene rings is 2. The van der Waals surface area contributed by atoms with Crippen LogP contribution in [0.3, 0.4) is 0 Å². The number of carbonyl (C=O) groups is 1. The Balaban J connectivity index is 2.33. The lowest BCUT2D eigenvalue weighted by Crippen LogP contribution is -2.45. The number of hydrogen-bond donors (Lipinski definition) is 1. The third-order valence-electron chi connectivity index (χ3n) is 3.90. The van der Waals surface area contributed by atoms with Crippen LogP contribution in [0.1, 0.15) is 18.1 Å². The van der Waals surface area contributed by atoms with Crippen LogP contribution in [-0.2, 0) is 14.8 Å². The zero-order chi connectivity index (χ0) is 18.8. The van der Waals surface area contributed by atoms with Crippen LogP contribution in [0, 0.1) is 13.8 Å². The lowest BCUT2D eigenvalue weighted by Gasteiger charge is -2.28. The van der Waals surface area contributed by atoms with Gasteiger partial charge in [0.1, 0.15) is 6.04 Å². The summed E-state index contributed by atoms with van der Waals surface area (Å²) in [5, 5.41) is 3.29. The number of hydrogen-bond acceptors (Lipinski definition) is 3. The summed E-state index contributed by atoms with van der Waals surface area (Å²) >= 11 is 6.07. The van der Waals surface area contributed by atoms with Crippen molar-refractivity contribution in [2.24, 2.45) is 0 Å². The van der Waals surface area contributed by atoms with Gasteiger partial charge in [-0.05, 0) is 50.6 Å². The second kappa shape index (κ2) is 7.45. The highest BCUT2D eigenvalue weighted by Crippen LogP contribution is 2.25. The van der Waals surface area contributed by atoms with E-state index in [9.17, 15) is 13.2 Å². The minimum atomic E-state index is -3.64. The molecular weight excluding hydrogens is 360 g/mol. The summed E-state index contributed by atoms with van der Waals surface area (Å²) in [5.41, 5.74) is 2.73. The molecule has 1 N–H and O–H groups in total. The van der Waals surface area contributed by atoms with Gasteiger partial charge in [0.25, 0.3) is 0 Å². The van der Waals surface area contributed by atoms with Gasteiger partial charge >= 0.3 is 0 Å². The highest BCUT2D eigenvalue weighted by molar-refractivity contribution is 7.92. The second-order valence-corrected chi connectivity index (χ2v) is 8.24. The van der Waals surface area contributed by atoms with E-state index in [4.69, 9.17) is 11.6 Å². The van der Waals surface area contributed by atoms with Crippen LogP contribution < -0.4 is 9.62 Å². The van der Waals surface area contributed by atoms with Crippen LogP contribution in [-0.4, -0.2) is 26.6 Å². The number of anilines is 2. The number of carbonyl (C=O) groups excluding carboxylic acids is 1. The van der Waals surface area contributed by atoms with Crippen LogP contribution in [0.25, 0.3) is 0 Å². The van der Waals surface area contributed by atoms with E-state index in [0.29, 0.717) is 16.4 Å². The molecule has 2 rings (SSSR count). The molecule has 2 aromatic rings. The highest BCUT2D eigenvalue weighted by atomic mass is 35.5. The molecule has 0 radical (unpaired) electrons. The van der Waals surface area contributed by atoms with Gasteiger partial charge in [-0.1, -0.05) is 35.4 Å². The van der Waals surface area contributed by atoms with Gasteiger partial charge in [0.05, 0.1) is 11.9 Å². The van der Waals surface area contributed by atoms with Crippen LogP contribution in [0.15, 0.2) is 42.5 Å². The number of sulfonamides is 1. The molecule has 134 valence electrons. The average molecular weight is 381 g/mol. The highest BCUT2D eigenvalue weighted by Gasteiger charge is 2.29. The molecule has 0 saturated carbocycles. The summed E-state index contributed by atoms with van der Waals surface area (Å²) in [6.45, 7) is 5.25. The summed E-state index contributed by atoms with van der Waals surface area (Å²) in [6, 6.07) is 11.2. The molecule has 1 atom stereocenters. The van der Waals surface area contributed by atoms with Gasteiger partial charge in [0.2, 0.25) is 15.9 Å². The molecule has 0 saturated heterocycles. The Morgan fingerprint density at radius 3 is 2.28 bits per heavy atom. The van der Waals surface area contributed by atoms with Crippen LogP contribution >= 0.6 is 11.6 Å². The number of amides is 1. The van der Waals surface area contributed by atoms with Crippen molar-refractivity contribution in [2.45, 2.75) is 26.8 Å². The molecule has 0 aromatic heterocycles. The number of rotatable bonds is 5. The van der Waals surface area contributed by atoms with Gasteiger partial charge in [0.15, 0.2) is 0 Å².